The van der Waals surface area contributed by atoms with Crippen LogP contribution in [0.1, 0.15) is 6.92 Å². The van der Waals surface area contributed by atoms with Crippen LogP contribution < -0.4 is 39.9 Å². The molecule has 11 nitrogen and oxygen atoms in total. The molecule has 1 aliphatic heterocycles. The first-order chi connectivity index (χ1) is 21.3. The van der Waals surface area contributed by atoms with Gasteiger partial charge in [-0.05, 0) is 49.4 Å². The van der Waals surface area contributed by atoms with E-state index in [9.17, 15) is 19.6 Å². The van der Waals surface area contributed by atoms with E-state index in [2.05, 4.69) is 26.4 Å². The summed E-state index contributed by atoms with van der Waals surface area (Å²) in [5, 5.41) is 15.2. The number of methoxy groups -OCH3 is 1. The van der Waals surface area contributed by atoms with Crippen molar-refractivity contribution in [3.8, 4) is 24.2 Å². The summed E-state index contributed by atoms with van der Waals surface area (Å²) < 4.78 is 7.20. The number of nitrogens with one attached hydrogen (secondary N) is 2. The summed E-state index contributed by atoms with van der Waals surface area (Å²) in [4.78, 5) is 44.7. The van der Waals surface area contributed by atoms with Crippen molar-refractivity contribution in [3.05, 3.63) is 68.1 Å². The number of amides is 2. The minimum Gasteiger partial charge on any atom is -0.497 e. The van der Waals surface area contributed by atoms with Crippen LogP contribution >= 0.6 is 11.3 Å². The molecule has 1 aliphatic rings. The van der Waals surface area contributed by atoms with E-state index >= 15 is 0 Å². The highest BCUT2D eigenvalue weighted by Crippen LogP contribution is 2.21. The number of terminal acetylenes is 1. The number of thiazole rings is 1. The number of hydrogen-bond acceptors (Lipinski definition) is 9. The zero-order chi connectivity index (χ0) is 31.6. The molecule has 228 valence electrons. The quantitative estimate of drug-likeness (QED) is 0.325. The minimum absolute atomic E-state index is 0.0270. The second-order valence-corrected chi connectivity index (χ2v) is 11.0. The molecular weight excluding hydrogens is 578 g/mol. The molecule has 2 heterocycles. The number of nitriles is 1. The Morgan fingerprint density at radius 2 is 1.89 bits per heavy atom. The third-order valence-electron chi connectivity index (χ3n) is 7.27. The standard InChI is InChI=1S/C32H35N7O4S/c1-5-14-34-30(41)27(20-33)32-39(6-2)31(42)28(44-32)21-35-23-8-7-9-25(19-23)36(3)29(40)22-37-15-17-38(18-16-37)24-10-12-26(43-4)13-11-24/h1,7-13,19,21,35H,6,14-18,22H2,2-4H3,(H,34,41)/b28-21+,32-27-. The van der Waals surface area contributed by atoms with Gasteiger partial charge in [0.05, 0.1) is 20.2 Å². The third kappa shape index (κ3) is 7.48. The maximum Gasteiger partial charge on any atom is 0.270 e. The fraction of sp³-hybridized carbons (Fsp3) is 0.312. The number of carbonyl (C=O) groups excluding carboxylic acids is 2. The molecule has 0 saturated carbocycles. The maximum absolute atomic E-state index is 13.2. The first kappa shape index (κ1) is 31.9. The van der Waals surface area contributed by atoms with Crippen molar-refractivity contribution in [2.24, 2.45) is 0 Å². The highest BCUT2D eigenvalue weighted by Gasteiger charge is 2.21. The van der Waals surface area contributed by atoms with Crippen LogP contribution in [0, 0.1) is 23.7 Å². The molecule has 4 rings (SSSR count). The van der Waals surface area contributed by atoms with Gasteiger partial charge in [-0.15, -0.1) is 17.8 Å². The predicted octanol–water partition coefficient (Wildman–Crippen LogP) is 0.997. The molecule has 0 bridgehead atoms. The summed E-state index contributed by atoms with van der Waals surface area (Å²) >= 11 is 1.04. The molecule has 1 saturated heterocycles. The van der Waals surface area contributed by atoms with Crippen LogP contribution in [0.3, 0.4) is 0 Å². The summed E-state index contributed by atoms with van der Waals surface area (Å²) in [5.74, 6) is 2.46. The maximum atomic E-state index is 13.2. The number of nitrogens with zero attached hydrogens (tertiary/aromatic N) is 5. The van der Waals surface area contributed by atoms with Gasteiger partial charge < -0.3 is 25.2 Å². The SMILES string of the molecule is C#CCNC(=O)/C(C#N)=c1\s/c(=C/Nc2cccc(N(C)C(=O)CN3CCN(c4ccc(OC)cc4)CC3)c2)c(=O)n1CC. The number of piperazine rings is 1. The zero-order valence-electron chi connectivity index (χ0n) is 25.0. The molecule has 1 fully saturated rings. The molecule has 3 aromatic rings. The molecule has 0 spiro atoms. The molecule has 0 unspecified atom stereocenters. The number of carbonyl (C=O) groups is 2. The molecule has 0 atom stereocenters. The van der Waals surface area contributed by atoms with Crippen LogP contribution in [0.5, 0.6) is 5.75 Å². The lowest BCUT2D eigenvalue weighted by Gasteiger charge is -2.36. The van der Waals surface area contributed by atoms with Gasteiger partial charge in [0.15, 0.2) is 5.57 Å². The normalized spacial score (nSPS) is 14.3. The first-order valence-corrected chi connectivity index (χ1v) is 14.9. The Morgan fingerprint density at radius 3 is 2.52 bits per heavy atom. The molecule has 0 aliphatic carbocycles. The Kier molecular flexibility index (Phi) is 10.8. The second-order valence-electron chi connectivity index (χ2n) is 9.95. The summed E-state index contributed by atoms with van der Waals surface area (Å²) in [6.07, 6.45) is 6.74. The molecule has 12 heteroatoms. The van der Waals surface area contributed by atoms with E-state index in [1.54, 1.807) is 32.2 Å². The van der Waals surface area contributed by atoms with Gasteiger partial charge >= 0.3 is 0 Å². The second kappa shape index (κ2) is 14.9. The average Bonchev–Trinajstić information content (AvgIpc) is 3.37. The number of hydrogen-bond donors (Lipinski definition) is 2. The molecule has 2 N–H and O–H groups in total. The number of ether oxygens (including phenoxy) is 1. The van der Waals surface area contributed by atoms with Crippen LogP contribution in [-0.4, -0.2) is 74.7 Å². The Morgan fingerprint density at radius 1 is 1.16 bits per heavy atom. The van der Waals surface area contributed by atoms with Crippen LogP contribution in [0.2, 0.25) is 0 Å². The number of anilines is 3. The van der Waals surface area contributed by atoms with Crippen molar-refractivity contribution in [1.29, 1.82) is 5.26 Å². The average molecular weight is 614 g/mol. The molecule has 0 radical (unpaired) electrons. The van der Waals surface area contributed by atoms with Gasteiger partial charge in [0.1, 0.15) is 21.0 Å². The van der Waals surface area contributed by atoms with E-state index in [1.165, 1.54) is 4.57 Å². The molecule has 1 aromatic heterocycles. The van der Waals surface area contributed by atoms with E-state index in [0.717, 1.165) is 49.0 Å². The smallest absolute Gasteiger partial charge is 0.270 e. The zero-order valence-corrected chi connectivity index (χ0v) is 25.8. The van der Waals surface area contributed by atoms with Crippen molar-refractivity contribution in [2.45, 2.75) is 13.5 Å². The van der Waals surface area contributed by atoms with Gasteiger partial charge in [-0.3, -0.25) is 23.9 Å². The van der Waals surface area contributed by atoms with Gasteiger partial charge in [-0.1, -0.05) is 12.0 Å². The summed E-state index contributed by atoms with van der Waals surface area (Å²) in [6.45, 7) is 5.52. The van der Waals surface area contributed by atoms with Gasteiger partial charge in [-0.25, -0.2) is 0 Å². The minimum atomic E-state index is -0.632. The Labute approximate surface area is 260 Å². The van der Waals surface area contributed by atoms with Crippen LogP contribution in [0.25, 0.3) is 11.8 Å². The molecule has 2 aromatic carbocycles. The van der Waals surface area contributed by atoms with Gasteiger partial charge in [0, 0.05) is 63.0 Å². The van der Waals surface area contributed by atoms with Crippen LogP contribution in [-0.2, 0) is 16.1 Å². The van der Waals surface area contributed by atoms with Gasteiger partial charge in [0.2, 0.25) is 5.91 Å². The van der Waals surface area contributed by atoms with Crippen molar-refractivity contribution >= 4 is 52.0 Å². The number of aromatic nitrogens is 1. The molecule has 2 amide bonds. The Hall–Kier alpha value is -5.04. The van der Waals surface area contributed by atoms with Crippen LogP contribution in [0.15, 0.2) is 53.3 Å². The topological polar surface area (TPSA) is 123 Å². The molecule has 44 heavy (non-hydrogen) atoms. The monoisotopic (exact) mass is 613 g/mol. The Bertz CT molecular complexity index is 1760. The largest absolute Gasteiger partial charge is 0.497 e. The van der Waals surface area contributed by atoms with E-state index in [-0.39, 0.29) is 34.8 Å². The van der Waals surface area contributed by atoms with E-state index in [1.807, 2.05) is 54.6 Å². The fourth-order valence-corrected chi connectivity index (χ4v) is 5.85. The van der Waals surface area contributed by atoms with E-state index in [4.69, 9.17) is 11.2 Å². The van der Waals surface area contributed by atoms with Gasteiger partial charge in [0.25, 0.3) is 11.5 Å². The van der Waals surface area contributed by atoms with Crippen molar-refractivity contribution < 1.29 is 14.3 Å². The van der Waals surface area contributed by atoms with E-state index in [0.29, 0.717) is 22.5 Å². The Balaban J connectivity index is 1.42. The highest BCUT2D eigenvalue weighted by molar-refractivity contribution is 7.07. The molecular formula is C32H35N7O4S. The number of rotatable bonds is 10. The number of benzene rings is 2. The highest BCUT2D eigenvalue weighted by atomic mass is 32.1. The fourth-order valence-electron chi connectivity index (χ4n) is 4.76. The predicted molar refractivity (Wildman–Crippen MR) is 174 cm³/mol. The van der Waals surface area contributed by atoms with Crippen molar-refractivity contribution in [1.82, 2.24) is 14.8 Å². The first-order valence-electron chi connectivity index (χ1n) is 14.1. The number of likely N-dealkylation sites (N-methyl/N-ethyl adjacent to an activating group) is 1. The van der Waals surface area contributed by atoms with E-state index < -0.39 is 5.91 Å². The van der Waals surface area contributed by atoms with Crippen molar-refractivity contribution in [3.63, 3.8) is 0 Å². The van der Waals surface area contributed by atoms with Crippen LogP contribution in [0.4, 0.5) is 17.1 Å². The summed E-state index contributed by atoms with van der Waals surface area (Å²) in [7, 11) is 3.40. The summed E-state index contributed by atoms with van der Waals surface area (Å²) in [5.41, 5.74) is 2.01. The summed E-state index contributed by atoms with van der Waals surface area (Å²) in [6, 6.07) is 17.2. The lowest BCUT2D eigenvalue weighted by atomic mass is 10.2. The van der Waals surface area contributed by atoms with Crippen molar-refractivity contribution in [2.75, 3.05) is 68.5 Å². The van der Waals surface area contributed by atoms with Gasteiger partial charge in [-0.2, -0.15) is 5.26 Å². The lowest BCUT2D eigenvalue weighted by Crippen LogP contribution is -2.49. The lowest BCUT2D eigenvalue weighted by molar-refractivity contribution is -0.119. The third-order valence-corrected chi connectivity index (χ3v) is 8.40.